The molecule has 0 saturated carbocycles. The number of hydrogen-bond acceptors (Lipinski definition) is 3. The Bertz CT molecular complexity index is 388. The number of benzene rings is 1. The number of nitrogens with one attached hydrogen (secondary N) is 3. The van der Waals surface area contributed by atoms with Crippen LogP contribution in [0, 0.1) is 5.82 Å². The van der Waals surface area contributed by atoms with Crippen molar-refractivity contribution in [2.45, 2.75) is 6.54 Å². The summed E-state index contributed by atoms with van der Waals surface area (Å²) in [7, 11) is 5.56. The van der Waals surface area contributed by atoms with Gasteiger partial charge in [-0.25, -0.2) is 4.39 Å². The summed E-state index contributed by atoms with van der Waals surface area (Å²) in [5.74, 6) is -0.203. The molecule has 0 bridgehead atoms. The number of halogens is 1. The fourth-order valence-corrected chi connectivity index (χ4v) is 1.74. The molecule has 94 valence electrons. The van der Waals surface area contributed by atoms with Gasteiger partial charge < -0.3 is 16.0 Å². The predicted molar refractivity (Wildman–Crippen MR) is 70.1 cm³/mol. The van der Waals surface area contributed by atoms with Gasteiger partial charge in [-0.2, -0.15) is 0 Å². The molecular weight excluding hydrogens is 217 g/mol. The summed E-state index contributed by atoms with van der Waals surface area (Å²) in [6.45, 7) is 1.36. The highest BCUT2D eigenvalue weighted by Crippen LogP contribution is 2.17. The Kier molecular flexibility index (Phi) is 5.66. The molecule has 0 atom stereocenters. The third kappa shape index (κ3) is 4.17. The van der Waals surface area contributed by atoms with Crippen molar-refractivity contribution in [1.82, 2.24) is 16.0 Å². The lowest BCUT2D eigenvalue weighted by Gasteiger charge is -2.10. The molecule has 1 rings (SSSR count). The van der Waals surface area contributed by atoms with Crippen molar-refractivity contribution in [2.75, 3.05) is 27.7 Å². The largest absolute Gasteiger partial charge is 0.394 e. The first kappa shape index (κ1) is 13.7. The smallest absolute Gasteiger partial charge is 0.124 e. The first-order valence-corrected chi connectivity index (χ1v) is 5.66. The maximum atomic E-state index is 13.5. The minimum atomic E-state index is -0.203. The van der Waals surface area contributed by atoms with Crippen LogP contribution in [0.3, 0.4) is 0 Å². The van der Waals surface area contributed by atoms with E-state index in [1.165, 1.54) is 0 Å². The van der Waals surface area contributed by atoms with Gasteiger partial charge in [-0.3, -0.25) is 0 Å². The fraction of sp³-hybridized carbons (Fsp3) is 0.385. The summed E-state index contributed by atoms with van der Waals surface area (Å²) in [5.41, 5.74) is 2.88. The zero-order valence-corrected chi connectivity index (χ0v) is 10.6. The van der Waals surface area contributed by atoms with Crippen molar-refractivity contribution in [2.24, 2.45) is 0 Å². The van der Waals surface area contributed by atoms with Crippen LogP contribution in [0.5, 0.6) is 0 Å². The second-order valence-corrected chi connectivity index (χ2v) is 3.87. The van der Waals surface area contributed by atoms with Gasteiger partial charge in [-0.05, 0) is 49.0 Å². The Labute approximate surface area is 102 Å². The van der Waals surface area contributed by atoms with Crippen LogP contribution in [0.25, 0.3) is 5.57 Å². The molecule has 0 fully saturated rings. The van der Waals surface area contributed by atoms with Crippen molar-refractivity contribution >= 4 is 5.57 Å². The number of hydrogen-bond donors (Lipinski definition) is 3. The number of likely N-dealkylation sites (N-methyl/N-ethyl adjacent to an activating group) is 1. The van der Waals surface area contributed by atoms with Crippen LogP contribution in [0.2, 0.25) is 0 Å². The Morgan fingerprint density at radius 2 is 1.94 bits per heavy atom. The second kappa shape index (κ2) is 7.04. The van der Waals surface area contributed by atoms with E-state index in [-0.39, 0.29) is 5.82 Å². The molecule has 0 spiro atoms. The average Bonchev–Trinajstić information content (AvgIpc) is 2.28. The molecule has 0 aromatic heterocycles. The van der Waals surface area contributed by atoms with E-state index in [0.29, 0.717) is 13.1 Å². The van der Waals surface area contributed by atoms with Crippen LogP contribution in [0.1, 0.15) is 11.1 Å². The first-order chi connectivity index (χ1) is 8.21. The maximum Gasteiger partial charge on any atom is 0.124 e. The molecule has 17 heavy (non-hydrogen) atoms. The molecular formula is C13H20FN3. The van der Waals surface area contributed by atoms with Crippen molar-refractivity contribution in [3.05, 3.63) is 41.3 Å². The molecule has 0 aliphatic carbocycles. The zero-order chi connectivity index (χ0) is 12.7. The quantitative estimate of drug-likeness (QED) is 0.698. The maximum absolute atomic E-state index is 13.5. The normalized spacial score (nSPS) is 11.6. The zero-order valence-electron chi connectivity index (χ0n) is 10.6. The lowest BCUT2D eigenvalue weighted by Crippen LogP contribution is -2.13. The van der Waals surface area contributed by atoms with Gasteiger partial charge in [-0.15, -0.1) is 0 Å². The molecule has 4 heteroatoms. The van der Waals surface area contributed by atoms with Crippen LogP contribution in [0.15, 0.2) is 24.4 Å². The van der Waals surface area contributed by atoms with E-state index >= 15 is 0 Å². The lowest BCUT2D eigenvalue weighted by molar-refractivity contribution is 0.623. The average molecular weight is 237 g/mol. The van der Waals surface area contributed by atoms with Gasteiger partial charge in [0, 0.05) is 26.3 Å². The predicted octanol–water partition coefficient (Wildman–Crippen LogP) is 1.32. The molecule has 0 unspecified atom stereocenters. The van der Waals surface area contributed by atoms with Gasteiger partial charge in [0.15, 0.2) is 0 Å². The van der Waals surface area contributed by atoms with Crippen LogP contribution < -0.4 is 16.0 Å². The summed E-state index contributed by atoms with van der Waals surface area (Å²) in [4.78, 5) is 0. The Morgan fingerprint density at radius 1 is 1.18 bits per heavy atom. The van der Waals surface area contributed by atoms with E-state index in [1.54, 1.807) is 12.1 Å². The Morgan fingerprint density at radius 3 is 2.53 bits per heavy atom. The topological polar surface area (TPSA) is 36.1 Å². The molecule has 0 saturated heterocycles. The lowest BCUT2D eigenvalue weighted by atomic mass is 10.0. The van der Waals surface area contributed by atoms with Crippen molar-refractivity contribution in [3.63, 3.8) is 0 Å². The fourth-order valence-electron chi connectivity index (χ4n) is 1.74. The molecule has 3 N–H and O–H groups in total. The van der Waals surface area contributed by atoms with Crippen LogP contribution in [-0.4, -0.2) is 27.7 Å². The van der Waals surface area contributed by atoms with E-state index in [0.717, 1.165) is 16.7 Å². The second-order valence-electron chi connectivity index (χ2n) is 3.87. The summed E-state index contributed by atoms with van der Waals surface area (Å²) in [6.07, 6.45) is 1.88. The molecule has 0 aliphatic heterocycles. The molecule has 0 radical (unpaired) electrons. The summed E-state index contributed by atoms with van der Waals surface area (Å²) in [6, 6.07) is 5.11. The van der Waals surface area contributed by atoms with Crippen LogP contribution in [0.4, 0.5) is 4.39 Å². The summed E-state index contributed by atoms with van der Waals surface area (Å²) < 4.78 is 13.5. The molecule has 0 heterocycles. The minimum Gasteiger partial charge on any atom is -0.394 e. The molecule has 0 amide bonds. The van der Waals surface area contributed by atoms with Crippen molar-refractivity contribution in [3.8, 4) is 0 Å². The third-order valence-corrected chi connectivity index (χ3v) is 2.40. The van der Waals surface area contributed by atoms with Gasteiger partial charge in [-0.1, -0.05) is 0 Å². The highest BCUT2D eigenvalue weighted by atomic mass is 19.1. The van der Waals surface area contributed by atoms with Crippen LogP contribution >= 0.6 is 0 Å². The van der Waals surface area contributed by atoms with Crippen molar-refractivity contribution in [1.29, 1.82) is 0 Å². The molecule has 3 nitrogen and oxygen atoms in total. The van der Waals surface area contributed by atoms with E-state index < -0.39 is 0 Å². The van der Waals surface area contributed by atoms with Gasteiger partial charge in [0.05, 0.1) is 0 Å². The van der Waals surface area contributed by atoms with E-state index in [4.69, 9.17) is 0 Å². The molecule has 1 aromatic carbocycles. The minimum absolute atomic E-state index is 0.203. The SMILES string of the molecule is CN/C=C(\CNC)c1cc(F)cc(CNC)c1. The molecule has 1 aromatic rings. The standard InChI is InChI=1S/C13H20FN3/c1-15-7-10-4-11(6-13(14)5-10)12(8-16-2)9-17-3/h4-6,8,15-17H,7,9H2,1-3H3/b12-8+. The summed E-state index contributed by atoms with van der Waals surface area (Å²) >= 11 is 0. The Hall–Kier alpha value is -1.39. The van der Waals surface area contributed by atoms with Crippen molar-refractivity contribution < 1.29 is 4.39 Å². The monoisotopic (exact) mass is 237 g/mol. The van der Waals surface area contributed by atoms with Crippen LogP contribution in [-0.2, 0) is 6.54 Å². The Balaban J connectivity index is 3.05. The first-order valence-electron chi connectivity index (χ1n) is 5.66. The van der Waals surface area contributed by atoms with Gasteiger partial charge >= 0.3 is 0 Å². The van der Waals surface area contributed by atoms with E-state index in [9.17, 15) is 4.39 Å². The van der Waals surface area contributed by atoms with Gasteiger partial charge in [0.25, 0.3) is 0 Å². The third-order valence-electron chi connectivity index (χ3n) is 2.40. The van der Waals surface area contributed by atoms with Gasteiger partial charge in [0.1, 0.15) is 5.82 Å². The number of rotatable bonds is 6. The highest BCUT2D eigenvalue weighted by molar-refractivity contribution is 5.67. The van der Waals surface area contributed by atoms with E-state index in [1.807, 2.05) is 33.4 Å². The van der Waals surface area contributed by atoms with E-state index in [2.05, 4.69) is 16.0 Å². The molecule has 0 aliphatic rings. The highest BCUT2D eigenvalue weighted by Gasteiger charge is 2.05. The summed E-state index contributed by atoms with van der Waals surface area (Å²) in [5, 5.41) is 9.08. The van der Waals surface area contributed by atoms with Gasteiger partial charge in [0.2, 0.25) is 0 Å².